The zero-order valence-corrected chi connectivity index (χ0v) is 18.8. The molecule has 0 aliphatic rings. The molecule has 0 aliphatic heterocycles. The van der Waals surface area contributed by atoms with Gasteiger partial charge in [0.25, 0.3) is 0 Å². The Labute approximate surface area is 187 Å². The quantitative estimate of drug-likeness (QED) is 0.490. The minimum atomic E-state index is -0.698. The number of benzene rings is 2. The molecule has 2 aromatic rings. The van der Waals surface area contributed by atoms with Crippen molar-refractivity contribution in [1.82, 2.24) is 10.2 Å². The van der Waals surface area contributed by atoms with Gasteiger partial charge in [0, 0.05) is 28.7 Å². The largest absolute Gasteiger partial charge is 0.354 e. The first-order valence-electron chi connectivity index (χ1n) is 10.1. The van der Waals surface area contributed by atoms with Crippen LogP contribution in [0.5, 0.6) is 0 Å². The van der Waals surface area contributed by atoms with Crippen LogP contribution in [-0.4, -0.2) is 29.3 Å². The highest BCUT2D eigenvalue weighted by Gasteiger charge is 2.29. The van der Waals surface area contributed by atoms with Gasteiger partial charge in [-0.15, -0.1) is 0 Å². The SMILES string of the molecule is CCCCNC(=O)C(CC)N(Cc1ccccc1Cl)C(=O)Cc1c(F)cccc1Cl. The van der Waals surface area contributed by atoms with Gasteiger partial charge in [-0.2, -0.15) is 0 Å². The summed E-state index contributed by atoms with van der Waals surface area (Å²) < 4.78 is 14.3. The van der Waals surface area contributed by atoms with Crippen molar-refractivity contribution in [3.05, 3.63) is 69.5 Å². The monoisotopic (exact) mass is 452 g/mol. The minimum Gasteiger partial charge on any atom is -0.354 e. The maximum absolute atomic E-state index is 14.3. The summed E-state index contributed by atoms with van der Waals surface area (Å²) in [6.45, 7) is 4.56. The molecule has 0 saturated carbocycles. The number of carbonyl (C=O) groups excluding carboxylic acids is 2. The first-order chi connectivity index (χ1) is 14.4. The molecule has 0 spiro atoms. The molecule has 0 saturated heterocycles. The molecule has 1 atom stereocenters. The zero-order chi connectivity index (χ0) is 22.1. The van der Waals surface area contributed by atoms with Crippen LogP contribution in [0.1, 0.15) is 44.2 Å². The minimum absolute atomic E-state index is 0.120. The molecule has 2 amide bonds. The lowest BCUT2D eigenvalue weighted by Crippen LogP contribution is -2.49. The van der Waals surface area contributed by atoms with Crippen LogP contribution in [0.2, 0.25) is 10.0 Å². The molecule has 0 aromatic heterocycles. The Morgan fingerprint density at radius 1 is 1.07 bits per heavy atom. The number of nitrogens with one attached hydrogen (secondary N) is 1. The number of hydrogen-bond donors (Lipinski definition) is 1. The number of unbranched alkanes of at least 4 members (excludes halogenated alkanes) is 1. The van der Waals surface area contributed by atoms with E-state index in [1.54, 1.807) is 24.3 Å². The summed E-state index contributed by atoms with van der Waals surface area (Å²) in [6.07, 6.45) is 1.98. The molecule has 1 unspecified atom stereocenters. The van der Waals surface area contributed by atoms with Crippen LogP contribution in [0.25, 0.3) is 0 Å². The van der Waals surface area contributed by atoms with Crippen molar-refractivity contribution in [2.75, 3.05) is 6.54 Å². The maximum Gasteiger partial charge on any atom is 0.242 e. The van der Waals surface area contributed by atoms with Gasteiger partial charge in [-0.3, -0.25) is 9.59 Å². The van der Waals surface area contributed by atoms with Crippen LogP contribution >= 0.6 is 23.2 Å². The van der Waals surface area contributed by atoms with Crippen molar-refractivity contribution in [2.24, 2.45) is 0 Å². The molecule has 7 heteroatoms. The van der Waals surface area contributed by atoms with Gasteiger partial charge in [0.05, 0.1) is 6.42 Å². The van der Waals surface area contributed by atoms with Gasteiger partial charge in [-0.05, 0) is 36.6 Å². The van der Waals surface area contributed by atoms with Crippen molar-refractivity contribution >= 4 is 35.0 Å². The van der Waals surface area contributed by atoms with Gasteiger partial charge in [0.15, 0.2) is 0 Å². The number of amides is 2. The fourth-order valence-electron chi connectivity index (χ4n) is 3.19. The third-order valence-electron chi connectivity index (χ3n) is 4.90. The van der Waals surface area contributed by atoms with Gasteiger partial charge in [0.1, 0.15) is 11.9 Å². The van der Waals surface area contributed by atoms with Crippen LogP contribution in [0.3, 0.4) is 0 Å². The smallest absolute Gasteiger partial charge is 0.242 e. The predicted molar refractivity (Wildman–Crippen MR) is 119 cm³/mol. The molecule has 30 heavy (non-hydrogen) atoms. The number of rotatable bonds is 10. The molecule has 4 nitrogen and oxygen atoms in total. The summed E-state index contributed by atoms with van der Waals surface area (Å²) in [6, 6.07) is 10.8. The van der Waals surface area contributed by atoms with E-state index in [0.29, 0.717) is 23.6 Å². The van der Waals surface area contributed by atoms with Crippen LogP contribution in [0.4, 0.5) is 4.39 Å². The summed E-state index contributed by atoms with van der Waals surface area (Å²) in [7, 11) is 0. The van der Waals surface area contributed by atoms with Crippen molar-refractivity contribution in [3.63, 3.8) is 0 Å². The molecule has 0 heterocycles. The van der Waals surface area contributed by atoms with E-state index < -0.39 is 11.9 Å². The normalized spacial score (nSPS) is 11.8. The molecule has 0 bridgehead atoms. The standard InChI is InChI=1S/C23H27Cl2FN2O2/c1-3-5-13-27-23(30)21(4-2)28(15-16-9-6-7-10-18(16)24)22(29)14-17-19(25)11-8-12-20(17)26/h6-12,21H,3-5,13-15H2,1-2H3,(H,27,30). The Morgan fingerprint density at radius 2 is 1.77 bits per heavy atom. The fraction of sp³-hybridized carbons (Fsp3) is 0.391. The van der Waals surface area contributed by atoms with E-state index in [2.05, 4.69) is 5.32 Å². The van der Waals surface area contributed by atoms with Crippen LogP contribution in [0.15, 0.2) is 42.5 Å². The average Bonchev–Trinajstić information content (AvgIpc) is 2.72. The Bertz CT molecular complexity index is 856. The fourth-order valence-corrected chi connectivity index (χ4v) is 3.62. The summed E-state index contributed by atoms with van der Waals surface area (Å²) in [5.74, 6) is -1.17. The number of halogens is 3. The van der Waals surface area contributed by atoms with E-state index in [0.717, 1.165) is 12.8 Å². The molecule has 0 aliphatic carbocycles. The van der Waals surface area contributed by atoms with Gasteiger partial charge in [0.2, 0.25) is 11.8 Å². The van der Waals surface area contributed by atoms with E-state index in [1.165, 1.54) is 17.0 Å². The van der Waals surface area contributed by atoms with Gasteiger partial charge < -0.3 is 10.2 Å². The molecule has 1 N–H and O–H groups in total. The Kier molecular flexibility index (Phi) is 9.60. The third-order valence-corrected chi connectivity index (χ3v) is 5.63. The summed E-state index contributed by atoms with van der Waals surface area (Å²) in [4.78, 5) is 27.5. The van der Waals surface area contributed by atoms with E-state index >= 15 is 0 Å². The topological polar surface area (TPSA) is 49.4 Å². The highest BCUT2D eigenvalue weighted by Crippen LogP contribution is 2.23. The van der Waals surface area contributed by atoms with Crippen molar-refractivity contribution in [1.29, 1.82) is 0 Å². The van der Waals surface area contributed by atoms with Crippen molar-refractivity contribution in [2.45, 2.75) is 52.1 Å². The third kappa shape index (κ3) is 6.44. The second-order valence-corrected chi connectivity index (χ2v) is 7.87. The lowest BCUT2D eigenvalue weighted by Gasteiger charge is -2.31. The van der Waals surface area contributed by atoms with Crippen LogP contribution in [0, 0.1) is 5.82 Å². The van der Waals surface area contributed by atoms with Crippen LogP contribution < -0.4 is 5.32 Å². The lowest BCUT2D eigenvalue weighted by molar-refractivity contribution is -0.141. The second kappa shape index (κ2) is 11.9. The molecule has 162 valence electrons. The molecular weight excluding hydrogens is 426 g/mol. The summed E-state index contributed by atoms with van der Waals surface area (Å²) in [5, 5.41) is 3.57. The number of hydrogen-bond acceptors (Lipinski definition) is 2. The Balaban J connectivity index is 2.32. The van der Waals surface area contributed by atoms with E-state index in [4.69, 9.17) is 23.2 Å². The van der Waals surface area contributed by atoms with Gasteiger partial charge in [-0.25, -0.2) is 4.39 Å². The molecule has 0 radical (unpaired) electrons. The van der Waals surface area contributed by atoms with Crippen molar-refractivity contribution in [3.8, 4) is 0 Å². The highest BCUT2D eigenvalue weighted by atomic mass is 35.5. The Morgan fingerprint density at radius 3 is 2.40 bits per heavy atom. The van der Waals surface area contributed by atoms with E-state index in [9.17, 15) is 14.0 Å². The lowest BCUT2D eigenvalue weighted by atomic mass is 10.1. The van der Waals surface area contributed by atoms with Gasteiger partial charge in [-0.1, -0.05) is 67.7 Å². The van der Waals surface area contributed by atoms with Gasteiger partial charge >= 0.3 is 0 Å². The van der Waals surface area contributed by atoms with Crippen molar-refractivity contribution < 1.29 is 14.0 Å². The Hall–Kier alpha value is -2.11. The first kappa shape index (κ1) is 24.2. The average molecular weight is 453 g/mol. The van der Waals surface area contributed by atoms with E-state index in [-0.39, 0.29) is 35.4 Å². The summed E-state index contributed by atoms with van der Waals surface area (Å²) in [5.41, 5.74) is 0.835. The molecular formula is C23H27Cl2FN2O2. The summed E-state index contributed by atoms with van der Waals surface area (Å²) >= 11 is 12.4. The molecule has 2 aromatic carbocycles. The number of carbonyl (C=O) groups is 2. The molecule has 0 fully saturated rings. The predicted octanol–water partition coefficient (Wildman–Crippen LogP) is 5.40. The maximum atomic E-state index is 14.3. The first-order valence-corrected chi connectivity index (χ1v) is 10.9. The van der Waals surface area contributed by atoms with E-state index in [1.807, 2.05) is 19.9 Å². The second-order valence-electron chi connectivity index (χ2n) is 7.06. The highest BCUT2D eigenvalue weighted by molar-refractivity contribution is 6.31. The number of nitrogens with zero attached hydrogens (tertiary/aromatic N) is 1. The molecule has 2 rings (SSSR count). The zero-order valence-electron chi connectivity index (χ0n) is 17.3. The van der Waals surface area contributed by atoms with Crippen LogP contribution in [-0.2, 0) is 22.6 Å².